The van der Waals surface area contributed by atoms with Crippen LogP contribution >= 0.6 is 0 Å². The molecule has 3 aliphatic rings. The Morgan fingerprint density at radius 3 is 2.76 bits per heavy atom. The molecule has 2 amide bonds. The Labute approximate surface area is 194 Å². The van der Waals surface area contributed by atoms with Gasteiger partial charge >= 0.3 is 0 Å². The minimum atomic E-state index is -0.0335. The molecule has 176 valence electrons. The van der Waals surface area contributed by atoms with Crippen molar-refractivity contribution in [1.82, 2.24) is 14.8 Å². The lowest BCUT2D eigenvalue weighted by Crippen LogP contribution is -2.49. The van der Waals surface area contributed by atoms with Gasteiger partial charge in [0.2, 0.25) is 11.8 Å². The summed E-state index contributed by atoms with van der Waals surface area (Å²) >= 11 is 0. The fourth-order valence-electron chi connectivity index (χ4n) is 6.09. The molecule has 2 fully saturated rings. The van der Waals surface area contributed by atoms with E-state index in [9.17, 15) is 14.4 Å². The second kappa shape index (κ2) is 9.57. The van der Waals surface area contributed by atoms with Crippen molar-refractivity contribution in [2.75, 3.05) is 13.1 Å². The lowest BCUT2D eigenvalue weighted by molar-refractivity contribution is -0.136. The van der Waals surface area contributed by atoms with Crippen LogP contribution in [-0.4, -0.2) is 40.4 Å². The fourth-order valence-corrected chi connectivity index (χ4v) is 6.09. The van der Waals surface area contributed by atoms with Crippen LogP contribution < -0.4 is 10.9 Å². The maximum Gasteiger partial charge on any atom is 0.250 e. The molecule has 4 heterocycles. The van der Waals surface area contributed by atoms with E-state index in [1.54, 1.807) is 12.3 Å². The van der Waals surface area contributed by atoms with Crippen LogP contribution in [0.3, 0.4) is 0 Å². The third kappa shape index (κ3) is 4.92. The number of hydrogen-bond donors (Lipinski definition) is 1. The van der Waals surface area contributed by atoms with E-state index in [2.05, 4.69) is 5.32 Å². The summed E-state index contributed by atoms with van der Waals surface area (Å²) in [5.41, 5.74) is 1.08. The van der Waals surface area contributed by atoms with E-state index in [0.717, 1.165) is 43.6 Å². The van der Waals surface area contributed by atoms with Crippen LogP contribution in [0.2, 0.25) is 0 Å². The minimum absolute atomic E-state index is 0.0335. The molecule has 0 radical (unpaired) electrons. The Bertz CT molecular complexity index is 1040. The van der Waals surface area contributed by atoms with Crippen molar-refractivity contribution in [2.24, 2.45) is 11.8 Å². The molecule has 2 aromatic heterocycles. The van der Waals surface area contributed by atoms with Gasteiger partial charge in [-0.2, -0.15) is 0 Å². The van der Waals surface area contributed by atoms with Gasteiger partial charge in [0.25, 0.3) is 5.56 Å². The van der Waals surface area contributed by atoms with Crippen molar-refractivity contribution in [3.05, 3.63) is 58.4 Å². The number of hydrogen-bond acceptors (Lipinski definition) is 4. The van der Waals surface area contributed by atoms with Crippen LogP contribution in [0, 0.1) is 11.8 Å². The lowest BCUT2D eigenvalue weighted by atomic mass is 9.81. The molecule has 0 spiro atoms. The molecule has 2 aromatic rings. The van der Waals surface area contributed by atoms with Crippen molar-refractivity contribution in [2.45, 2.75) is 69.9 Å². The highest BCUT2D eigenvalue weighted by Crippen LogP contribution is 2.35. The van der Waals surface area contributed by atoms with E-state index in [-0.39, 0.29) is 42.2 Å². The highest BCUT2D eigenvalue weighted by molar-refractivity contribution is 5.84. The van der Waals surface area contributed by atoms with Crippen molar-refractivity contribution in [3.63, 3.8) is 0 Å². The van der Waals surface area contributed by atoms with Crippen LogP contribution in [0.4, 0.5) is 0 Å². The van der Waals surface area contributed by atoms with Gasteiger partial charge in [-0.15, -0.1) is 0 Å². The van der Waals surface area contributed by atoms with Gasteiger partial charge in [-0.3, -0.25) is 14.4 Å². The largest absolute Gasteiger partial charge is 0.469 e. The second-order valence-electron chi connectivity index (χ2n) is 10.00. The molecule has 1 aliphatic carbocycles. The number of aromatic nitrogens is 1. The van der Waals surface area contributed by atoms with Gasteiger partial charge in [-0.1, -0.05) is 18.9 Å². The van der Waals surface area contributed by atoms with Gasteiger partial charge in [0.05, 0.1) is 6.26 Å². The van der Waals surface area contributed by atoms with Crippen LogP contribution in [-0.2, 0) is 22.6 Å². The number of furan rings is 1. The van der Waals surface area contributed by atoms with Crippen LogP contribution in [0.5, 0.6) is 0 Å². The maximum absolute atomic E-state index is 12.9. The Morgan fingerprint density at radius 1 is 1.03 bits per heavy atom. The number of carbonyl (C=O) groups is 2. The first kappa shape index (κ1) is 22.0. The monoisotopic (exact) mass is 451 g/mol. The number of rotatable bonds is 6. The van der Waals surface area contributed by atoms with Gasteiger partial charge < -0.3 is 19.2 Å². The van der Waals surface area contributed by atoms with Crippen molar-refractivity contribution >= 4 is 11.8 Å². The van der Waals surface area contributed by atoms with E-state index in [4.69, 9.17) is 4.42 Å². The fraction of sp³-hybridized carbons (Fsp3) is 0.577. The van der Waals surface area contributed by atoms with Crippen molar-refractivity contribution in [3.8, 4) is 0 Å². The Hall–Kier alpha value is -2.83. The zero-order chi connectivity index (χ0) is 22.8. The molecule has 4 atom stereocenters. The van der Waals surface area contributed by atoms with Crippen molar-refractivity contribution in [1.29, 1.82) is 0 Å². The maximum atomic E-state index is 12.9. The number of nitrogens with zero attached hydrogens (tertiary/aromatic N) is 2. The van der Waals surface area contributed by atoms with E-state index in [0.29, 0.717) is 31.5 Å². The molecular formula is C26H33N3O4. The highest BCUT2D eigenvalue weighted by Gasteiger charge is 2.36. The third-order valence-corrected chi connectivity index (χ3v) is 7.70. The average Bonchev–Trinajstić information content (AvgIpc) is 3.32. The van der Waals surface area contributed by atoms with Crippen LogP contribution in [0.1, 0.15) is 62.3 Å². The van der Waals surface area contributed by atoms with Gasteiger partial charge in [0.1, 0.15) is 5.76 Å². The topological polar surface area (TPSA) is 84.5 Å². The van der Waals surface area contributed by atoms with Gasteiger partial charge in [0, 0.05) is 62.6 Å². The first-order valence-electron chi connectivity index (χ1n) is 12.4. The Morgan fingerprint density at radius 2 is 1.91 bits per heavy atom. The number of nitrogens with one attached hydrogen (secondary N) is 1. The summed E-state index contributed by atoms with van der Waals surface area (Å²) in [6, 6.07) is 9.47. The zero-order valence-corrected chi connectivity index (χ0v) is 19.1. The second-order valence-corrected chi connectivity index (χ2v) is 10.00. The molecule has 7 nitrogen and oxygen atoms in total. The number of fused-ring (bicyclic) bond motifs is 4. The molecule has 2 aliphatic heterocycles. The van der Waals surface area contributed by atoms with E-state index < -0.39 is 0 Å². The van der Waals surface area contributed by atoms with Crippen molar-refractivity contribution < 1.29 is 14.0 Å². The predicted molar refractivity (Wildman–Crippen MR) is 124 cm³/mol. The number of pyridine rings is 1. The molecular weight excluding hydrogens is 418 g/mol. The third-order valence-electron chi connectivity index (χ3n) is 7.70. The minimum Gasteiger partial charge on any atom is -0.469 e. The smallest absolute Gasteiger partial charge is 0.250 e. The summed E-state index contributed by atoms with van der Waals surface area (Å²) < 4.78 is 7.39. The molecule has 1 saturated carbocycles. The van der Waals surface area contributed by atoms with E-state index in [1.165, 1.54) is 6.42 Å². The molecule has 7 heteroatoms. The number of piperidine rings is 1. The Kier molecular flexibility index (Phi) is 6.38. The van der Waals surface area contributed by atoms with Gasteiger partial charge in [0.15, 0.2) is 0 Å². The summed E-state index contributed by atoms with van der Waals surface area (Å²) in [6.45, 7) is 1.98. The summed E-state index contributed by atoms with van der Waals surface area (Å²) in [5, 5.41) is 3.21. The van der Waals surface area contributed by atoms with E-state index >= 15 is 0 Å². The first-order valence-corrected chi connectivity index (χ1v) is 12.4. The van der Waals surface area contributed by atoms with E-state index in [1.807, 2.05) is 33.7 Å². The van der Waals surface area contributed by atoms with Crippen LogP contribution in [0.15, 0.2) is 45.8 Å². The average molecular weight is 452 g/mol. The molecule has 1 saturated heterocycles. The summed E-state index contributed by atoms with van der Waals surface area (Å²) in [6.07, 6.45) is 8.41. The quantitative estimate of drug-likeness (QED) is 0.732. The summed E-state index contributed by atoms with van der Waals surface area (Å²) in [5.74, 6) is 1.87. The predicted octanol–water partition coefficient (Wildman–Crippen LogP) is 3.08. The molecule has 1 N–H and O–H groups in total. The lowest BCUT2D eigenvalue weighted by Gasteiger charge is -2.42. The first-order chi connectivity index (χ1) is 16.1. The van der Waals surface area contributed by atoms with Gasteiger partial charge in [-0.05, 0) is 49.3 Å². The molecule has 2 bridgehead atoms. The molecule has 5 rings (SSSR count). The Balaban J connectivity index is 1.13. The van der Waals surface area contributed by atoms with Gasteiger partial charge in [-0.25, -0.2) is 0 Å². The zero-order valence-electron chi connectivity index (χ0n) is 19.1. The standard InChI is InChI=1S/C26H33N3O4/c30-24(27-22-7-2-1-5-19(22)14-21-6-4-12-33-21)10-11-25(31)28-15-18-13-20(17-28)23-8-3-9-26(32)29(23)16-18/h3-4,6,8-9,12,18-20,22H,1-2,5,7,10-11,13-17H2,(H,27,30)/t18-,19+,20+,22+/m0/s1. The highest BCUT2D eigenvalue weighted by atomic mass is 16.3. The summed E-state index contributed by atoms with van der Waals surface area (Å²) in [7, 11) is 0. The number of carbonyl (C=O) groups excluding carboxylic acids is 2. The number of likely N-dealkylation sites (tertiary alicyclic amines) is 1. The molecule has 0 aromatic carbocycles. The molecule has 33 heavy (non-hydrogen) atoms. The SMILES string of the molecule is O=C(CCC(=O)N1C[C@@H]2C[C@H](C1)c1cccc(=O)n1C2)N[C@@H]1CCCC[C@@H]1Cc1ccco1. The van der Waals surface area contributed by atoms with Crippen LogP contribution in [0.25, 0.3) is 0 Å². The normalized spacial score (nSPS) is 26.5. The molecule has 0 unspecified atom stereocenters. The summed E-state index contributed by atoms with van der Waals surface area (Å²) in [4.78, 5) is 39.8. The number of amides is 2.